The van der Waals surface area contributed by atoms with Crippen molar-refractivity contribution in [2.45, 2.75) is 56.1 Å². The summed E-state index contributed by atoms with van der Waals surface area (Å²) in [6.45, 7) is 4.00. The van der Waals surface area contributed by atoms with E-state index in [1.807, 2.05) is 11.3 Å². The molecule has 4 fully saturated rings. The highest BCUT2D eigenvalue weighted by Gasteiger charge is 2.57. The van der Waals surface area contributed by atoms with Crippen LogP contribution in [0.4, 0.5) is 0 Å². The van der Waals surface area contributed by atoms with Gasteiger partial charge in [0, 0.05) is 35.1 Å². The third-order valence-electron chi connectivity index (χ3n) is 6.42. The Hall–Kier alpha value is -0.380. The summed E-state index contributed by atoms with van der Waals surface area (Å²) in [5.74, 6) is 1.51. The normalized spacial score (nSPS) is 46.2. The van der Waals surface area contributed by atoms with E-state index in [1.54, 1.807) is 15.3 Å². The molecule has 6 rings (SSSR count). The molecule has 1 aromatic heterocycles. The highest BCUT2D eigenvalue weighted by molar-refractivity contribution is 7.10. The number of ether oxygens (including phenoxy) is 1. The zero-order valence-corrected chi connectivity index (χ0v) is 12.9. The van der Waals surface area contributed by atoms with Gasteiger partial charge in [0.15, 0.2) is 0 Å². The number of hydrogen-bond donors (Lipinski definition) is 1. The van der Waals surface area contributed by atoms with E-state index in [1.165, 1.54) is 58.2 Å². The van der Waals surface area contributed by atoms with Gasteiger partial charge in [0.1, 0.15) is 12.1 Å². The van der Waals surface area contributed by atoms with E-state index in [2.05, 4.69) is 11.4 Å². The Morgan fingerprint density at radius 1 is 1.15 bits per heavy atom. The van der Waals surface area contributed by atoms with Gasteiger partial charge in [-0.25, -0.2) is 0 Å². The first-order valence-electron chi connectivity index (χ1n) is 8.46. The average molecular weight is 290 g/mol. The van der Waals surface area contributed by atoms with E-state index in [9.17, 15) is 0 Å². The Balaban J connectivity index is 1.63. The Labute approximate surface area is 125 Å². The molecule has 0 unspecified atom stereocenters. The van der Waals surface area contributed by atoms with Crippen LogP contribution in [0.15, 0.2) is 11.4 Å². The van der Waals surface area contributed by atoms with Crippen LogP contribution in [0, 0.1) is 5.92 Å². The lowest BCUT2D eigenvalue weighted by atomic mass is 9.67. The molecule has 2 nitrogen and oxygen atoms in total. The number of piperidine rings is 3. The lowest BCUT2D eigenvalue weighted by Crippen LogP contribution is -3.17. The van der Waals surface area contributed by atoms with Gasteiger partial charge >= 0.3 is 0 Å². The summed E-state index contributed by atoms with van der Waals surface area (Å²) < 4.78 is 6.92. The first kappa shape index (κ1) is 12.2. The summed E-state index contributed by atoms with van der Waals surface area (Å²) in [5, 5.41) is 2.33. The van der Waals surface area contributed by atoms with Gasteiger partial charge in [-0.1, -0.05) is 12.8 Å². The smallest absolute Gasteiger partial charge is 0.146 e. The van der Waals surface area contributed by atoms with Gasteiger partial charge in [0.05, 0.1) is 19.2 Å². The lowest BCUT2D eigenvalue weighted by molar-refractivity contribution is -0.927. The number of thiophene rings is 1. The molecule has 4 aliphatic heterocycles. The monoisotopic (exact) mass is 290 g/mol. The fourth-order valence-corrected chi connectivity index (χ4v) is 6.63. The van der Waals surface area contributed by atoms with Gasteiger partial charge in [0.2, 0.25) is 0 Å². The molecule has 108 valence electrons. The molecule has 20 heavy (non-hydrogen) atoms. The number of fused-ring (bicyclic) bond motifs is 5. The van der Waals surface area contributed by atoms with E-state index >= 15 is 0 Å². The van der Waals surface area contributed by atoms with Crippen LogP contribution in [0.2, 0.25) is 0 Å². The highest BCUT2D eigenvalue weighted by atomic mass is 32.1. The Morgan fingerprint density at radius 2 is 2.00 bits per heavy atom. The molecule has 2 bridgehead atoms. The minimum atomic E-state index is 0.0969. The summed E-state index contributed by atoms with van der Waals surface area (Å²) in [4.78, 5) is 3.49. The molecule has 3 atom stereocenters. The van der Waals surface area contributed by atoms with Gasteiger partial charge in [0.25, 0.3) is 0 Å². The molecule has 5 heterocycles. The summed E-state index contributed by atoms with van der Waals surface area (Å²) in [5.41, 5.74) is 1.70. The van der Waals surface area contributed by atoms with E-state index in [0.717, 1.165) is 11.8 Å². The average Bonchev–Trinajstić information content (AvgIpc) is 2.99. The van der Waals surface area contributed by atoms with Crippen LogP contribution in [0.3, 0.4) is 0 Å². The molecular formula is C17H24NOS+. The van der Waals surface area contributed by atoms with Crippen molar-refractivity contribution in [1.82, 2.24) is 0 Å². The summed E-state index contributed by atoms with van der Waals surface area (Å²) >= 11 is 2.02. The van der Waals surface area contributed by atoms with E-state index in [4.69, 9.17) is 4.74 Å². The largest absolute Gasteiger partial charge is 0.360 e. The van der Waals surface area contributed by atoms with Crippen molar-refractivity contribution in [3.05, 3.63) is 21.9 Å². The number of rotatable bonds is 0. The molecule has 1 saturated carbocycles. The van der Waals surface area contributed by atoms with E-state index in [0.29, 0.717) is 6.10 Å². The molecule has 3 saturated heterocycles. The van der Waals surface area contributed by atoms with Crippen LogP contribution < -0.4 is 4.90 Å². The SMILES string of the molecule is c1cc2c(s1)[C@H]1CCCC[C@@H]1O[C@@]21C[NH+]2CCC1CC2. The number of hydrogen-bond acceptors (Lipinski definition) is 2. The van der Waals surface area contributed by atoms with Crippen molar-refractivity contribution >= 4 is 11.3 Å². The third-order valence-corrected chi connectivity index (χ3v) is 7.47. The maximum absolute atomic E-state index is 6.92. The molecular weight excluding hydrogens is 266 g/mol. The van der Waals surface area contributed by atoms with Gasteiger partial charge in [-0.2, -0.15) is 0 Å². The van der Waals surface area contributed by atoms with E-state index < -0.39 is 0 Å². The standard InChI is InChI=1S/C17H23NOS/c1-2-4-15-13(3-1)16-14(7-10-20-16)17(19-15)11-18-8-5-12(17)6-9-18/h7,10,12-13,15H,1-6,8-9,11H2/p+1/t13-,15-,17+/m0/s1. The summed E-state index contributed by atoms with van der Waals surface area (Å²) in [6.07, 6.45) is 8.70. The molecule has 0 aromatic carbocycles. The van der Waals surface area contributed by atoms with Gasteiger partial charge in [-0.3, -0.25) is 0 Å². The topological polar surface area (TPSA) is 13.7 Å². The van der Waals surface area contributed by atoms with Crippen LogP contribution in [-0.2, 0) is 10.3 Å². The van der Waals surface area contributed by atoms with Gasteiger partial charge in [-0.15, -0.1) is 11.3 Å². The molecule has 3 heteroatoms. The van der Waals surface area contributed by atoms with E-state index in [-0.39, 0.29) is 5.60 Å². The van der Waals surface area contributed by atoms with Crippen molar-refractivity contribution in [3.8, 4) is 0 Å². The molecule has 0 radical (unpaired) electrons. The summed E-state index contributed by atoms with van der Waals surface area (Å²) in [7, 11) is 0. The molecule has 5 aliphatic rings. The summed E-state index contributed by atoms with van der Waals surface area (Å²) in [6, 6.07) is 2.41. The quantitative estimate of drug-likeness (QED) is 0.774. The molecule has 1 spiro atoms. The molecule has 0 amide bonds. The van der Waals surface area contributed by atoms with Crippen molar-refractivity contribution in [2.75, 3.05) is 19.6 Å². The zero-order valence-electron chi connectivity index (χ0n) is 12.1. The Kier molecular flexibility index (Phi) is 2.63. The minimum Gasteiger partial charge on any atom is -0.360 e. The second kappa shape index (κ2) is 4.31. The number of nitrogens with one attached hydrogen (secondary N) is 1. The van der Waals surface area contributed by atoms with Crippen LogP contribution in [-0.4, -0.2) is 25.7 Å². The molecule has 1 aromatic rings. The molecule has 1 aliphatic carbocycles. The first-order chi connectivity index (χ1) is 9.87. The molecule has 1 N–H and O–H groups in total. The predicted octanol–water partition coefficient (Wildman–Crippen LogP) is 2.31. The Morgan fingerprint density at radius 3 is 2.80 bits per heavy atom. The fourth-order valence-electron chi connectivity index (χ4n) is 5.47. The van der Waals surface area contributed by atoms with Crippen LogP contribution >= 0.6 is 11.3 Å². The Bertz CT molecular complexity index is 519. The zero-order chi connectivity index (χ0) is 13.2. The van der Waals surface area contributed by atoms with Gasteiger partial charge < -0.3 is 9.64 Å². The third kappa shape index (κ3) is 1.52. The van der Waals surface area contributed by atoms with Crippen molar-refractivity contribution in [2.24, 2.45) is 5.92 Å². The van der Waals surface area contributed by atoms with Gasteiger partial charge in [-0.05, 0) is 24.3 Å². The second-order valence-electron chi connectivity index (χ2n) is 7.34. The maximum Gasteiger partial charge on any atom is 0.146 e. The van der Waals surface area contributed by atoms with Crippen molar-refractivity contribution in [3.63, 3.8) is 0 Å². The highest BCUT2D eigenvalue weighted by Crippen LogP contribution is 2.53. The van der Waals surface area contributed by atoms with Crippen LogP contribution in [0.5, 0.6) is 0 Å². The van der Waals surface area contributed by atoms with Crippen molar-refractivity contribution in [1.29, 1.82) is 0 Å². The van der Waals surface area contributed by atoms with Crippen LogP contribution in [0.25, 0.3) is 0 Å². The fraction of sp³-hybridized carbons (Fsp3) is 0.765. The van der Waals surface area contributed by atoms with Crippen molar-refractivity contribution < 1.29 is 9.64 Å². The number of quaternary nitrogens is 1. The van der Waals surface area contributed by atoms with Crippen LogP contribution in [0.1, 0.15) is 54.9 Å². The maximum atomic E-state index is 6.92. The first-order valence-corrected chi connectivity index (χ1v) is 9.34. The second-order valence-corrected chi connectivity index (χ2v) is 8.28. The minimum absolute atomic E-state index is 0.0969. The lowest BCUT2D eigenvalue weighted by Gasteiger charge is -2.55. The predicted molar refractivity (Wildman–Crippen MR) is 80.4 cm³/mol.